The third kappa shape index (κ3) is 4.09. The Kier molecular flexibility index (Phi) is 5.99. The van der Waals surface area contributed by atoms with Crippen molar-refractivity contribution < 1.29 is 9.59 Å². The smallest absolute Gasteiger partial charge is 0.312 e. The van der Waals surface area contributed by atoms with E-state index < -0.39 is 0 Å². The molecule has 1 fully saturated rings. The first-order valence-electron chi connectivity index (χ1n) is 8.23. The summed E-state index contributed by atoms with van der Waals surface area (Å²) in [5, 5.41) is 0. The van der Waals surface area contributed by atoms with E-state index in [1.165, 1.54) is 6.42 Å². The van der Waals surface area contributed by atoms with Gasteiger partial charge in [0.2, 0.25) is 0 Å². The summed E-state index contributed by atoms with van der Waals surface area (Å²) in [6, 6.07) is 10.0. The maximum absolute atomic E-state index is 12.5. The fourth-order valence-corrected chi connectivity index (χ4v) is 3.05. The second-order valence-corrected chi connectivity index (χ2v) is 6.01. The van der Waals surface area contributed by atoms with E-state index >= 15 is 0 Å². The van der Waals surface area contributed by atoms with Crippen LogP contribution in [0.15, 0.2) is 30.3 Å². The number of amides is 2. The fraction of sp³-hybridized carbons (Fsp3) is 0.556. The molecule has 1 aromatic rings. The monoisotopic (exact) mass is 302 g/mol. The zero-order valence-electron chi connectivity index (χ0n) is 13.6. The average molecular weight is 302 g/mol. The predicted molar refractivity (Wildman–Crippen MR) is 87.2 cm³/mol. The molecule has 0 heterocycles. The molecule has 0 bridgehead atoms. The van der Waals surface area contributed by atoms with Crippen LogP contribution in [0.3, 0.4) is 0 Å². The van der Waals surface area contributed by atoms with Crippen molar-refractivity contribution in [3.8, 4) is 0 Å². The zero-order valence-corrected chi connectivity index (χ0v) is 13.6. The molecule has 0 aliphatic heterocycles. The first kappa shape index (κ1) is 16.5. The molecule has 2 amide bonds. The van der Waals surface area contributed by atoms with Gasteiger partial charge in [-0.15, -0.1) is 0 Å². The summed E-state index contributed by atoms with van der Waals surface area (Å²) in [7, 11) is 1.77. The Labute approximate surface area is 133 Å². The Bertz CT molecular complexity index is 495. The molecule has 0 saturated heterocycles. The molecule has 4 nitrogen and oxygen atoms in total. The molecule has 0 unspecified atom stereocenters. The number of nitrogens with zero attached hydrogens (tertiary/aromatic N) is 2. The van der Waals surface area contributed by atoms with Crippen LogP contribution in [0.4, 0.5) is 0 Å². The highest BCUT2D eigenvalue weighted by atomic mass is 16.2. The Balaban J connectivity index is 1.99. The number of likely N-dealkylation sites (N-methyl/N-ethyl adjacent to an activating group) is 2. The molecule has 1 aromatic carbocycles. The Morgan fingerprint density at radius 2 is 1.68 bits per heavy atom. The van der Waals surface area contributed by atoms with Gasteiger partial charge in [-0.25, -0.2) is 0 Å². The maximum atomic E-state index is 12.5. The van der Waals surface area contributed by atoms with Crippen LogP contribution in [0.25, 0.3) is 0 Å². The summed E-state index contributed by atoms with van der Waals surface area (Å²) >= 11 is 0. The second-order valence-electron chi connectivity index (χ2n) is 6.01. The molecule has 1 saturated carbocycles. The predicted octanol–water partition coefficient (Wildman–Crippen LogP) is 2.83. The SMILES string of the molecule is CCN(Cc1ccccc1)C(=O)C(=O)N(C)C1CCCCC1. The van der Waals surface area contributed by atoms with Crippen LogP contribution < -0.4 is 0 Å². The summed E-state index contributed by atoms with van der Waals surface area (Å²) in [4.78, 5) is 28.2. The van der Waals surface area contributed by atoms with E-state index in [0.717, 1.165) is 31.2 Å². The third-order valence-corrected chi connectivity index (χ3v) is 4.51. The Hall–Kier alpha value is -1.84. The van der Waals surface area contributed by atoms with Crippen LogP contribution in [0.5, 0.6) is 0 Å². The van der Waals surface area contributed by atoms with Crippen molar-refractivity contribution in [2.24, 2.45) is 0 Å². The van der Waals surface area contributed by atoms with Gasteiger partial charge < -0.3 is 9.80 Å². The van der Waals surface area contributed by atoms with Gasteiger partial charge in [-0.3, -0.25) is 9.59 Å². The molecule has 120 valence electrons. The zero-order chi connectivity index (χ0) is 15.9. The standard InChI is InChI=1S/C18H26N2O2/c1-3-20(14-15-10-6-4-7-11-15)18(22)17(21)19(2)16-12-8-5-9-13-16/h4,6-7,10-11,16H,3,5,8-9,12-14H2,1-2H3. The van der Waals surface area contributed by atoms with Crippen LogP contribution in [0.1, 0.15) is 44.6 Å². The van der Waals surface area contributed by atoms with Crippen molar-refractivity contribution >= 4 is 11.8 Å². The molecular weight excluding hydrogens is 276 g/mol. The molecule has 1 aliphatic carbocycles. The Morgan fingerprint density at radius 1 is 1.05 bits per heavy atom. The van der Waals surface area contributed by atoms with Crippen LogP contribution in [0, 0.1) is 0 Å². The number of hydrogen-bond acceptors (Lipinski definition) is 2. The van der Waals surface area contributed by atoms with Crippen LogP contribution >= 0.6 is 0 Å². The van der Waals surface area contributed by atoms with Gasteiger partial charge in [-0.05, 0) is 25.3 Å². The minimum atomic E-state index is -0.389. The minimum absolute atomic E-state index is 0.223. The van der Waals surface area contributed by atoms with Crippen molar-refractivity contribution in [3.63, 3.8) is 0 Å². The first-order valence-corrected chi connectivity index (χ1v) is 8.23. The number of rotatable bonds is 4. The van der Waals surface area contributed by atoms with Gasteiger partial charge in [-0.1, -0.05) is 49.6 Å². The largest absolute Gasteiger partial charge is 0.335 e. The molecule has 2 rings (SSSR count). The van der Waals surface area contributed by atoms with Crippen LogP contribution in [-0.2, 0) is 16.1 Å². The first-order chi connectivity index (χ1) is 10.6. The third-order valence-electron chi connectivity index (χ3n) is 4.51. The van der Waals surface area contributed by atoms with Gasteiger partial charge in [0.15, 0.2) is 0 Å². The number of carbonyl (C=O) groups excluding carboxylic acids is 2. The summed E-state index contributed by atoms with van der Waals surface area (Å²) in [5.41, 5.74) is 1.05. The van der Waals surface area contributed by atoms with E-state index in [-0.39, 0.29) is 17.9 Å². The van der Waals surface area contributed by atoms with Crippen molar-refractivity contribution in [3.05, 3.63) is 35.9 Å². The summed E-state index contributed by atoms with van der Waals surface area (Å²) in [5.74, 6) is -0.760. The van der Waals surface area contributed by atoms with E-state index in [1.54, 1.807) is 16.8 Å². The summed E-state index contributed by atoms with van der Waals surface area (Å²) in [6.45, 7) is 2.94. The topological polar surface area (TPSA) is 40.6 Å². The molecule has 4 heteroatoms. The van der Waals surface area contributed by atoms with Crippen molar-refractivity contribution in [2.45, 2.75) is 51.6 Å². The van der Waals surface area contributed by atoms with E-state index in [4.69, 9.17) is 0 Å². The maximum Gasteiger partial charge on any atom is 0.312 e. The van der Waals surface area contributed by atoms with Crippen molar-refractivity contribution in [1.29, 1.82) is 0 Å². The normalized spacial score (nSPS) is 15.4. The van der Waals surface area contributed by atoms with Gasteiger partial charge in [0.1, 0.15) is 0 Å². The molecular formula is C18H26N2O2. The molecule has 0 spiro atoms. The number of hydrogen-bond donors (Lipinski definition) is 0. The van der Waals surface area contributed by atoms with E-state index in [0.29, 0.717) is 13.1 Å². The van der Waals surface area contributed by atoms with Crippen LogP contribution in [-0.4, -0.2) is 41.2 Å². The minimum Gasteiger partial charge on any atom is -0.335 e. The van der Waals surface area contributed by atoms with Gasteiger partial charge in [-0.2, -0.15) is 0 Å². The van der Waals surface area contributed by atoms with E-state index in [9.17, 15) is 9.59 Å². The van der Waals surface area contributed by atoms with Crippen LogP contribution in [0.2, 0.25) is 0 Å². The average Bonchev–Trinajstić information content (AvgIpc) is 2.59. The number of benzene rings is 1. The number of carbonyl (C=O) groups is 2. The van der Waals surface area contributed by atoms with Crippen molar-refractivity contribution in [1.82, 2.24) is 9.80 Å². The lowest BCUT2D eigenvalue weighted by Crippen LogP contribution is -2.47. The van der Waals surface area contributed by atoms with Gasteiger partial charge >= 0.3 is 11.8 Å². The highest BCUT2D eigenvalue weighted by Gasteiger charge is 2.29. The highest BCUT2D eigenvalue weighted by molar-refractivity contribution is 6.34. The molecule has 22 heavy (non-hydrogen) atoms. The quantitative estimate of drug-likeness (QED) is 0.802. The Morgan fingerprint density at radius 3 is 2.27 bits per heavy atom. The van der Waals surface area contributed by atoms with Crippen molar-refractivity contribution in [2.75, 3.05) is 13.6 Å². The molecule has 1 aliphatic rings. The van der Waals surface area contributed by atoms with Gasteiger partial charge in [0.05, 0.1) is 0 Å². The molecule has 0 N–H and O–H groups in total. The van der Waals surface area contributed by atoms with Gasteiger partial charge in [0.25, 0.3) is 0 Å². The fourth-order valence-electron chi connectivity index (χ4n) is 3.05. The molecule has 0 atom stereocenters. The van der Waals surface area contributed by atoms with E-state index in [1.807, 2.05) is 37.3 Å². The lowest BCUT2D eigenvalue weighted by atomic mass is 9.94. The molecule has 0 radical (unpaired) electrons. The lowest BCUT2D eigenvalue weighted by molar-refractivity contribution is -0.152. The highest BCUT2D eigenvalue weighted by Crippen LogP contribution is 2.22. The van der Waals surface area contributed by atoms with E-state index in [2.05, 4.69) is 0 Å². The van der Waals surface area contributed by atoms with Gasteiger partial charge in [0, 0.05) is 26.2 Å². The molecule has 0 aromatic heterocycles. The lowest BCUT2D eigenvalue weighted by Gasteiger charge is -2.32. The summed E-state index contributed by atoms with van der Waals surface area (Å²) in [6.07, 6.45) is 5.57. The summed E-state index contributed by atoms with van der Waals surface area (Å²) < 4.78 is 0. The second kappa shape index (κ2) is 7.97.